The van der Waals surface area contributed by atoms with E-state index in [4.69, 9.17) is 4.74 Å². The molecule has 2 heterocycles. The van der Waals surface area contributed by atoms with E-state index in [0.717, 1.165) is 61.7 Å². The molecule has 0 aliphatic carbocycles. The van der Waals surface area contributed by atoms with Gasteiger partial charge >= 0.3 is 0 Å². The fourth-order valence-corrected chi connectivity index (χ4v) is 3.74. The SMILES string of the molecule is COc1ccc(C(=O)N2CCCC(c3nccn3CCN(C)C)C2)cc1C. The molecule has 27 heavy (non-hydrogen) atoms. The first-order chi connectivity index (χ1) is 13.0. The molecule has 0 radical (unpaired) electrons. The Bertz CT molecular complexity index is 784. The number of rotatable bonds is 6. The predicted molar refractivity (Wildman–Crippen MR) is 106 cm³/mol. The Balaban J connectivity index is 1.72. The van der Waals surface area contributed by atoms with Gasteiger partial charge in [-0.15, -0.1) is 0 Å². The van der Waals surface area contributed by atoms with E-state index in [1.807, 2.05) is 42.4 Å². The number of carbonyl (C=O) groups is 1. The highest BCUT2D eigenvalue weighted by Gasteiger charge is 2.28. The number of hydrogen-bond donors (Lipinski definition) is 0. The highest BCUT2D eigenvalue weighted by molar-refractivity contribution is 5.94. The largest absolute Gasteiger partial charge is 0.496 e. The molecule has 6 nitrogen and oxygen atoms in total. The van der Waals surface area contributed by atoms with Crippen LogP contribution in [0.25, 0.3) is 0 Å². The summed E-state index contributed by atoms with van der Waals surface area (Å²) in [5.74, 6) is 2.29. The van der Waals surface area contributed by atoms with Gasteiger partial charge in [0.25, 0.3) is 5.91 Å². The lowest BCUT2D eigenvalue weighted by Gasteiger charge is -2.33. The lowest BCUT2D eigenvalue weighted by atomic mass is 9.96. The topological polar surface area (TPSA) is 50.6 Å². The number of aryl methyl sites for hydroxylation is 1. The number of amides is 1. The second-order valence-electron chi connectivity index (χ2n) is 7.56. The fraction of sp³-hybridized carbons (Fsp3) is 0.524. The van der Waals surface area contributed by atoms with Crippen molar-refractivity contribution in [3.05, 3.63) is 47.5 Å². The minimum absolute atomic E-state index is 0.0943. The molecule has 6 heteroatoms. The second-order valence-corrected chi connectivity index (χ2v) is 7.56. The minimum atomic E-state index is 0.0943. The molecule has 1 aliphatic rings. The number of nitrogens with zero attached hydrogens (tertiary/aromatic N) is 4. The maximum absolute atomic E-state index is 13.0. The first-order valence-corrected chi connectivity index (χ1v) is 9.59. The summed E-state index contributed by atoms with van der Waals surface area (Å²) in [6.45, 7) is 5.40. The van der Waals surface area contributed by atoms with E-state index < -0.39 is 0 Å². The van der Waals surface area contributed by atoms with Gasteiger partial charge < -0.3 is 19.1 Å². The highest BCUT2D eigenvalue weighted by Crippen LogP contribution is 2.27. The molecule has 1 atom stereocenters. The Morgan fingerprint density at radius 2 is 2.19 bits per heavy atom. The van der Waals surface area contributed by atoms with Crippen LogP contribution in [-0.2, 0) is 6.54 Å². The van der Waals surface area contributed by atoms with Crippen molar-refractivity contribution in [2.75, 3.05) is 40.8 Å². The third-order valence-electron chi connectivity index (χ3n) is 5.25. The van der Waals surface area contributed by atoms with Crippen LogP contribution < -0.4 is 4.74 Å². The van der Waals surface area contributed by atoms with Crippen molar-refractivity contribution in [2.24, 2.45) is 0 Å². The number of hydrogen-bond acceptors (Lipinski definition) is 4. The smallest absolute Gasteiger partial charge is 0.253 e. The molecule has 1 aliphatic heterocycles. The predicted octanol–water partition coefficient (Wildman–Crippen LogP) is 2.78. The number of piperidine rings is 1. The molecule has 1 aromatic heterocycles. The second kappa shape index (κ2) is 8.57. The van der Waals surface area contributed by atoms with E-state index in [2.05, 4.69) is 28.5 Å². The van der Waals surface area contributed by atoms with Gasteiger partial charge in [0.1, 0.15) is 11.6 Å². The molecular weight excluding hydrogens is 340 g/mol. The molecule has 0 bridgehead atoms. The molecule has 1 aromatic carbocycles. The van der Waals surface area contributed by atoms with Gasteiger partial charge in [0.05, 0.1) is 7.11 Å². The van der Waals surface area contributed by atoms with Crippen LogP contribution in [0.3, 0.4) is 0 Å². The van der Waals surface area contributed by atoms with E-state index in [1.54, 1.807) is 7.11 Å². The molecule has 0 spiro atoms. The summed E-state index contributed by atoms with van der Waals surface area (Å²) in [6, 6.07) is 5.65. The molecule has 146 valence electrons. The summed E-state index contributed by atoms with van der Waals surface area (Å²) in [6.07, 6.45) is 6.00. The van der Waals surface area contributed by atoms with Crippen molar-refractivity contribution in [1.29, 1.82) is 0 Å². The van der Waals surface area contributed by atoms with Crippen LogP contribution in [0.1, 0.15) is 40.5 Å². The van der Waals surface area contributed by atoms with Crippen LogP contribution in [0.5, 0.6) is 5.75 Å². The van der Waals surface area contributed by atoms with Crippen LogP contribution in [0.2, 0.25) is 0 Å². The fourth-order valence-electron chi connectivity index (χ4n) is 3.74. The summed E-state index contributed by atoms with van der Waals surface area (Å²) >= 11 is 0. The van der Waals surface area contributed by atoms with E-state index in [-0.39, 0.29) is 5.91 Å². The quantitative estimate of drug-likeness (QED) is 0.785. The third kappa shape index (κ3) is 4.50. The number of likely N-dealkylation sites (N-methyl/N-ethyl adjacent to an activating group) is 1. The number of imidazole rings is 1. The monoisotopic (exact) mass is 370 g/mol. The van der Waals surface area contributed by atoms with E-state index in [9.17, 15) is 4.79 Å². The van der Waals surface area contributed by atoms with Gasteiger partial charge in [0, 0.05) is 50.1 Å². The summed E-state index contributed by atoms with van der Waals surface area (Å²) in [4.78, 5) is 21.8. The number of carbonyl (C=O) groups excluding carboxylic acids is 1. The van der Waals surface area contributed by atoms with Crippen molar-refractivity contribution in [3.63, 3.8) is 0 Å². The number of methoxy groups -OCH3 is 1. The standard InChI is InChI=1S/C21H30N4O2/c1-16-14-17(7-8-19(16)27-4)21(26)25-10-5-6-18(15-25)20-22-9-11-24(20)13-12-23(2)3/h7-9,11,14,18H,5-6,10,12-13,15H2,1-4H3. The Hall–Kier alpha value is -2.34. The third-order valence-corrected chi connectivity index (χ3v) is 5.25. The lowest BCUT2D eigenvalue weighted by molar-refractivity contribution is 0.0703. The minimum Gasteiger partial charge on any atom is -0.496 e. The number of ether oxygens (including phenoxy) is 1. The maximum Gasteiger partial charge on any atom is 0.253 e. The summed E-state index contributed by atoms with van der Waals surface area (Å²) in [5, 5.41) is 0. The van der Waals surface area contributed by atoms with Gasteiger partial charge in [0.2, 0.25) is 0 Å². The van der Waals surface area contributed by atoms with Gasteiger partial charge in [-0.05, 0) is 57.6 Å². The van der Waals surface area contributed by atoms with E-state index >= 15 is 0 Å². The number of aromatic nitrogens is 2. The Morgan fingerprint density at radius 1 is 1.37 bits per heavy atom. The van der Waals surface area contributed by atoms with Crippen LogP contribution in [-0.4, -0.2) is 66.1 Å². The first kappa shape index (κ1) is 19.4. The van der Waals surface area contributed by atoms with E-state index in [0.29, 0.717) is 5.92 Å². The van der Waals surface area contributed by atoms with E-state index in [1.165, 1.54) is 0 Å². The maximum atomic E-state index is 13.0. The molecule has 1 fully saturated rings. The number of benzene rings is 1. The van der Waals surface area contributed by atoms with Gasteiger partial charge in [-0.1, -0.05) is 0 Å². The zero-order valence-corrected chi connectivity index (χ0v) is 16.8. The zero-order chi connectivity index (χ0) is 19.4. The molecule has 1 amide bonds. The number of likely N-dealkylation sites (tertiary alicyclic amines) is 1. The molecule has 3 rings (SSSR count). The summed E-state index contributed by atoms with van der Waals surface area (Å²) < 4.78 is 7.54. The normalized spacial score (nSPS) is 17.4. The van der Waals surface area contributed by atoms with Gasteiger partial charge in [0.15, 0.2) is 0 Å². The summed E-state index contributed by atoms with van der Waals surface area (Å²) in [7, 11) is 5.81. The van der Waals surface area contributed by atoms with Crippen molar-refractivity contribution in [2.45, 2.75) is 32.2 Å². The molecule has 0 N–H and O–H groups in total. The van der Waals surface area contributed by atoms with Crippen molar-refractivity contribution < 1.29 is 9.53 Å². The molecule has 1 saturated heterocycles. The summed E-state index contributed by atoms with van der Waals surface area (Å²) in [5.41, 5.74) is 1.71. The van der Waals surface area contributed by atoms with Crippen LogP contribution >= 0.6 is 0 Å². The van der Waals surface area contributed by atoms with Crippen LogP contribution in [0, 0.1) is 6.92 Å². The lowest BCUT2D eigenvalue weighted by Crippen LogP contribution is -2.40. The first-order valence-electron chi connectivity index (χ1n) is 9.59. The van der Waals surface area contributed by atoms with Crippen LogP contribution in [0.15, 0.2) is 30.6 Å². The molecule has 1 unspecified atom stereocenters. The van der Waals surface area contributed by atoms with Crippen molar-refractivity contribution in [3.8, 4) is 5.75 Å². The Kier molecular flexibility index (Phi) is 6.16. The molecular formula is C21H30N4O2. The average Bonchev–Trinajstić information content (AvgIpc) is 3.14. The van der Waals surface area contributed by atoms with Crippen molar-refractivity contribution >= 4 is 5.91 Å². The van der Waals surface area contributed by atoms with Gasteiger partial charge in [-0.3, -0.25) is 4.79 Å². The molecule has 0 saturated carbocycles. The van der Waals surface area contributed by atoms with Crippen molar-refractivity contribution in [1.82, 2.24) is 19.4 Å². The highest BCUT2D eigenvalue weighted by atomic mass is 16.5. The molecule has 2 aromatic rings. The Morgan fingerprint density at radius 3 is 2.89 bits per heavy atom. The zero-order valence-electron chi connectivity index (χ0n) is 16.8. The van der Waals surface area contributed by atoms with Crippen LogP contribution in [0.4, 0.5) is 0 Å². The van der Waals surface area contributed by atoms with Gasteiger partial charge in [-0.25, -0.2) is 4.98 Å². The average molecular weight is 370 g/mol. The Labute approximate surface area is 161 Å². The van der Waals surface area contributed by atoms with Gasteiger partial charge in [-0.2, -0.15) is 0 Å².